The zero-order valence-electron chi connectivity index (χ0n) is 14.4. The van der Waals surface area contributed by atoms with Crippen molar-refractivity contribution in [2.75, 3.05) is 38.9 Å². The minimum atomic E-state index is -0.233. The zero-order valence-corrected chi connectivity index (χ0v) is 14.4. The summed E-state index contributed by atoms with van der Waals surface area (Å²) in [7, 11) is 3.97. The Labute approximate surface area is 147 Å². The normalized spacial score (nSPS) is 14.3. The summed E-state index contributed by atoms with van der Waals surface area (Å²) in [6.45, 7) is 1.25. The Kier molecular flexibility index (Phi) is 5.30. The first-order valence-electron chi connectivity index (χ1n) is 8.11. The molecule has 6 heteroatoms. The van der Waals surface area contributed by atoms with Gasteiger partial charge in [-0.05, 0) is 38.4 Å². The van der Waals surface area contributed by atoms with Gasteiger partial charge in [-0.25, -0.2) is 0 Å². The molecule has 1 amide bonds. The summed E-state index contributed by atoms with van der Waals surface area (Å²) in [5, 5.41) is 5.75. The van der Waals surface area contributed by atoms with E-state index in [4.69, 9.17) is 9.47 Å². The maximum atomic E-state index is 12.3. The highest BCUT2D eigenvalue weighted by molar-refractivity contribution is 6.04. The van der Waals surface area contributed by atoms with Gasteiger partial charge in [0, 0.05) is 12.1 Å². The lowest BCUT2D eigenvalue weighted by Gasteiger charge is -2.25. The largest absolute Gasteiger partial charge is 0.490 e. The Morgan fingerprint density at radius 2 is 1.84 bits per heavy atom. The molecule has 25 heavy (non-hydrogen) atoms. The predicted octanol–water partition coefficient (Wildman–Crippen LogP) is 2.35. The second kappa shape index (κ2) is 7.81. The molecule has 0 atom stereocenters. The fraction of sp³-hybridized carbons (Fsp3) is 0.263. The van der Waals surface area contributed by atoms with E-state index in [1.165, 1.54) is 5.01 Å². The van der Waals surface area contributed by atoms with E-state index in [1.807, 2.05) is 73.6 Å². The Balaban J connectivity index is 1.88. The van der Waals surface area contributed by atoms with Crippen LogP contribution in [0.5, 0.6) is 5.75 Å². The number of benzene rings is 2. The molecule has 0 unspecified atom stereocenters. The van der Waals surface area contributed by atoms with Gasteiger partial charge < -0.3 is 14.4 Å². The van der Waals surface area contributed by atoms with Crippen LogP contribution in [-0.2, 0) is 9.53 Å². The van der Waals surface area contributed by atoms with E-state index in [0.717, 1.165) is 12.1 Å². The molecule has 1 heterocycles. The van der Waals surface area contributed by atoms with Crippen molar-refractivity contribution in [3.8, 4) is 5.75 Å². The average molecular weight is 339 g/mol. The first-order valence-corrected chi connectivity index (χ1v) is 8.11. The van der Waals surface area contributed by atoms with Crippen LogP contribution in [0.25, 0.3) is 0 Å². The van der Waals surface area contributed by atoms with Crippen LogP contribution in [0.15, 0.2) is 59.7 Å². The molecular weight excluding hydrogens is 318 g/mol. The molecule has 0 saturated carbocycles. The van der Waals surface area contributed by atoms with Crippen molar-refractivity contribution in [3.05, 3.63) is 60.2 Å². The molecule has 0 fully saturated rings. The molecule has 0 N–H and O–H groups in total. The molecule has 0 aromatic heterocycles. The molecule has 2 aromatic rings. The second-order valence-electron chi connectivity index (χ2n) is 5.88. The summed E-state index contributed by atoms with van der Waals surface area (Å²) < 4.78 is 11.3. The number of anilines is 1. The van der Waals surface area contributed by atoms with Crippen molar-refractivity contribution in [3.63, 3.8) is 0 Å². The van der Waals surface area contributed by atoms with Crippen molar-refractivity contribution in [2.45, 2.75) is 0 Å². The van der Waals surface area contributed by atoms with E-state index in [1.54, 1.807) is 0 Å². The smallest absolute Gasteiger partial charge is 0.285 e. The molecule has 3 rings (SSSR count). The monoisotopic (exact) mass is 339 g/mol. The van der Waals surface area contributed by atoms with Crippen molar-refractivity contribution in [1.29, 1.82) is 0 Å². The van der Waals surface area contributed by atoms with Crippen molar-refractivity contribution < 1.29 is 14.3 Å². The minimum absolute atomic E-state index is 0.0558. The van der Waals surface area contributed by atoms with Gasteiger partial charge in [-0.3, -0.25) is 4.79 Å². The highest BCUT2D eigenvalue weighted by Gasteiger charge is 2.26. The van der Waals surface area contributed by atoms with Gasteiger partial charge in [0.05, 0.1) is 0 Å². The number of likely N-dealkylation sites (N-methyl/N-ethyl adjacent to an activating group) is 1. The lowest BCUT2D eigenvalue weighted by Crippen LogP contribution is -2.37. The van der Waals surface area contributed by atoms with Crippen molar-refractivity contribution >= 4 is 17.5 Å². The standard InChI is InChI=1S/C19H21N3O3/c1-21(2)12-13-24-17-11-7-6-10-16(17)22-18(23)14-25-19(20-22)15-8-4-3-5-9-15/h3-11H,12-14H2,1-2H3. The molecule has 2 aromatic carbocycles. The SMILES string of the molecule is CN(C)CCOc1ccccc1N1N=C(c2ccccc2)OCC1=O. The van der Waals surface area contributed by atoms with Gasteiger partial charge in [0.15, 0.2) is 6.61 Å². The van der Waals surface area contributed by atoms with Gasteiger partial charge in [0.1, 0.15) is 18.0 Å². The first-order chi connectivity index (χ1) is 12.1. The second-order valence-corrected chi connectivity index (χ2v) is 5.88. The van der Waals surface area contributed by atoms with Crippen LogP contribution in [0.3, 0.4) is 0 Å². The molecule has 130 valence electrons. The van der Waals surface area contributed by atoms with E-state index in [-0.39, 0.29) is 12.5 Å². The number of para-hydroxylation sites is 2. The van der Waals surface area contributed by atoms with E-state index in [9.17, 15) is 4.79 Å². The van der Waals surface area contributed by atoms with Gasteiger partial charge in [-0.1, -0.05) is 30.3 Å². The molecule has 0 saturated heterocycles. The Morgan fingerprint density at radius 3 is 2.60 bits per heavy atom. The summed E-state index contributed by atoms with van der Waals surface area (Å²) in [6, 6.07) is 16.9. The van der Waals surface area contributed by atoms with E-state index in [0.29, 0.717) is 23.9 Å². The highest BCUT2D eigenvalue weighted by atomic mass is 16.5. The number of amides is 1. The molecule has 0 aliphatic carbocycles. The topological polar surface area (TPSA) is 54.4 Å². The summed E-state index contributed by atoms with van der Waals surface area (Å²) >= 11 is 0. The van der Waals surface area contributed by atoms with Crippen LogP contribution in [0.1, 0.15) is 5.56 Å². The minimum Gasteiger partial charge on any atom is -0.490 e. The van der Waals surface area contributed by atoms with E-state index < -0.39 is 0 Å². The quantitative estimate of drug-likeness (QED) is 0.811. The fourth-order valence-electron chi connectivity index (χ4n) is 2.37. The van der Waals surface area contributed by atoms with Gasteiger partial charge in [-0.2, -0.15) is 5.01 Å². The highest BCUT2D eigenvalue weighted by Crippen LogP contribution is 2.30. The number of nitrogens with zero attached hydrogens (tertiary/aromatic N) is 3. The number of hydrogen-bond acceptors (Lipinski definition) is 5. The van der Waals surface area contributed by atoms with E-state index >= 15 is 0 Å². The van der Waals surface area contributed by atoms with Gasteiger partial charge in [0.25, 0.3) is 5.91 Å². The summed E-state index contributed by atoms with van der Waals surface area (Å²) in [4.78, 5) is 14.4. The molecule has 1 aliphatic rings. The van der Waals surface area contributed by atoms with Crippen molar-refractivity contribution in [2.24, 2.45) is 5.10 Å². The van der Waals surface area contributed by atoms with Crippen LogP contribution in [0.4, 0.5) is 5.69 Å². The molecular formula is C19H21N3O3. The lowest BCUT2D eigenvalue weighted by molar-refractivity contribution is -0.121. The maximum absolute atomic E-state index is 12.3. The fourth-order valence-corrected chi connectivity index (χ4v) is 2.37. The predicted molar refractivity (Wildman–Crippen MR) is 96.9 cm³/mol. The molecule has 0 bridgehead atoms. The average Bonchev–Trinajstić information content (AvgIpc) is 2.63. The molecule has 1 aliphatic heterocycles. The Bertz CT molecular complexity index is 760. The number of ether oxygens (including phenoxy) is 2. The third-order valence-corrected chi connectivity index (χ3v) is 3.67. The Hall–Kier alpha value is -2.86. The number of carbonyl (C=O) groups is 1. The molecule has 0 radical (unpaired) electrons. The zero-order chi connectivity index (χ0) is 17.6. The summed E-state index contributed by atoms with van der Waals surface area (Å²) in [5.74, 6) is 0.808. The summed E-state index contributed by atoms with van der Waals surface area (Å²) in [6.07, 6.45) is 0. The third kappa shape index (κ3) is 4.16. The van der Waals surface area contributed by atoms with E-state index in [2.05, 4.69) is 5.10 Å². The third-order valence-electron chi connectivity index (χ3n) is 3.67. The van der Waals surface area contributed by atoms with Crippen LogP contribution >= 0.6 is 0 Å². The number of hydrazone groups is 1. The van der Waals surface area contributed by atoms with Gasteiger partial charge in [0.2, 0.25) is 5.90 Å². The number of rotatable bonds is 6. The molecule has 0 spiro atoms. The van der Waals surface area contributed by atoms with Gasteiger partial charge >= 0.3 is 0 Å². The van der Waals surface area contributed by atoms with Gasteiger partial charge in [-0.15, -0.1) is 5.10 Å². The van der Waals surface area contributed by atoms with Crippen molar-refractivity contribution in [1.82, 2.24) is 4.90 Å². The first kappa shape index (κ1) is 17.0. The van der Waals surface area contributed by atoms with Crippen LogP contribution in [-0.4, -0.2) is 50.6 Å². The number of carbonyl (C=O) groups excluding carboxylic acids is 1. The van der Waals surface area contributed by atoms with Crippen LogP contribution in [0, 0.1) is 0 Å². The number of hydrogen-bond donors (Lipinski definition) is 0. The Morgan fingerprint density at radius 1 is 1.12 bits per heavy atom. The lowest BCUT2D eigenvalue weighted by atomic mass is 10.2. The summed E-state index contributed by atoms with van der Waals surface area (Å²) in [5.41, 5.74) is 1.44. The molecule has 6 nitrogen and oxygen atoms in total. The van der Waals surface area contributed by atoms with Crippen LogP contribution < -0.4 is 9.75 Å². The van der Waals surface area contributed by atoms with Crippen LogP contribution in [0.2, 0.25) is 0 Å². The maximum Gasteiger partial charge on any atom is 0.285 e.